The molecule has 0 aliphatic rings. The number of aryl methyl sites for hydroxylation is 1. The summed E-state index contributed by atoms with van der Waals surface area (Å²) >= 11 is 7.14. The first-order valence-corrected chi connectivity index (χ1v) is 9.64. The number of carbonyl (C=O) groups is 2. The normalized spacial score (nSPS) is 10.3. The van der Waals surface area contributed by atoms with Crippen molar-refractivity contribution >= 4 is 40.5 Å². The van der Waals surface area contributed by atoms with Crippen LogP contribution in [0.4, 0.5) is 5.69 Å². The summed E-state index contributed by atoms with van der Waals surface area (Å²) in [6, 6.07) is 16.0. The van der Waals surface area contributed by atoms with E-state index >= 15 is 0 Å². The van der Waals surface area contributed by atoms with Gasteiger partial charge in [0, 0.05) is 16.8 Å². The lowest BCUT2D eigenvalue weighted by Gasteiger charge is -2.07. The van der Waals surface area contributed by atoms with Crippen molar-refractivity contribution in [1.82, 2.24) is 0 Å². The van der Waals surface area contributed by atoms with Crippen molar-refractivity contribution < 1.29 is 14.7 Å². The maximum atomic E-state index is 12.4. The molecule has 0 aliphatic heterocycles. The summed E-state index contributed by atoms with van der Waals surface area (Å²) in [7, 11) is 0. The van der Waals surface area contributed by atoms with Gasteiger partial charge < -0.3 is 10.4 Å². The van der Waals surface area contributed by atoms with E-state index in [0.717, 1.165) is 11.1 Å². The van der Waals surface area contributed by atoms with E-state index in [1.807, 2.05) is 6.07 Å². The zero-order valence-corrected chi connectivity index (χ0v) is 16.2. The van der Waals surface area contributed by atoms with Crippen LogP contribution in [-0.4, -0.2) is 17.0 Å². The maximum Gasteiger partial charge on any atom is 0.339 e. The Balaban J connectivity index is 1.77. The van der Waals surface area contributed by atoms with Crippen LogP contribution in [0.2, 0.25) is 5.02 Å². The molecule has 5 nitrogen and oxygen atoms in total. The van der Waals surface area contributed by atoms with E-state index in [2.05, 4.69) is 11.4 Å². The number of hydrogen-bond donors (Lipinski definition) is 2. The third-order valence-electron chi connectivity index (χ3n) is 4.14. The van der Waals surface area contributed by atoms with Gasteiger partial charge in [-0.15, -0.1) is 11.3 Å². The van der Waals surface area contributed by atoms with Crippen molar-refractivity contribution in [3.63, 3.8) is 0 Å². The molecule has 0 bridgehead atoms. The van der Waals surface area contributed by atoms with E-state index in [4.69, 9.17) is 16.9 Å². The minimum absolute atomic E-state index is 0.0538. The highest BCUT2D eigenvalue weighted by atomic mass is 35.5. The van der Waals surface area contributed by atoms with Crippen molar-refractivity contribution in [2.24, 2.45) is 0 Å². The number of anilines is 1. The van der Waals surface area contributed by atoms with Crippen LogP contribution < -0.4 is 5.32 Å². The highest BCUT2D eigenvalue weighted by molar-refractivity contribution is 7.14. The number of carboxylic acid groups (broad SMARTS) is 1. The zero-order chi connectivity index (χ0) is 20.1. The Morgan fingerprint density at radius 1 is 1.14 bits per heavy atom. The van der Waals surface area contributed by atoms with Crippen LogP contribution in [0.5, 0.6) is 0 Å². The zero-order valence-electron chi connectivity index (χ0n) is 14.6. The van der Waals surface area contributed by atoms with Gasteiger partial charge >= 0.3 is 5.97 Å². The molecule has 1 aromatic heterocycles. The number of nitriles is 1. The Morgan fingerprint density at radius 2 is 1.86 bits per heavy atom. The van der Waals surface area contributed by atoms with Crippen LogP contribution in [0.25, 0.3) is 10.4 Å². The Morgan fingerprint density at radius 3 is 2.54 bits per heavy atom. The van der Waals surface area contributed by atoms with Crippen molar-refractivity contribution in [2.75, 3.05) is 5.32 Å². The Kier molecular flexibility index (Phi) is 6.09. The van der Waals surface area contributed by atoms with E-state index in [9.17, 15) is 14.7 Å². The number of aromatic carboxylic acids is 1. The molecule has 140 valence electrons. The fourth-order valence-electron chi connectivity index (χ4n) is 2.78. The van der Waals surface area contributed by atoms with E-state index in [0.29, 0.717) is 21.9 Å². The second kappa shape index (κ2) is 8.70. The third kappa shape index (κ3) is 4.39. The summed E-state index contributed by atoms with van der Waals surface area (Å²) in [5.74, 6) is -1.42. The number of hydrogen-bond acceptors (Lipinski definition) is 4. The van der Waals surface area contributed by atoms with Crippen molar-refractivity contribution in [1.29, 1.82) is 5.26 Å². The van der Waals surface area contributed by atoms with Gasteiger partial charge in [-0.05, 0) is 35.7 Å². The third-order valence-corrected chi connectivity index (χ3v) is 5.43. The smallest absolute Gasteiger partial charge is 0.339 e. The fraction of sp³-hybridized carbons (Fsp3) is 0.0952. The second-order valence-electron chi connectivity index (χ2n) is 5.98. The Hall–Kier alpha value is -3.14. The topological polar surface area (TPSA) is 90.2 Å². The largest absolute Gasteiger partial charge is 0.478 e. The Bertz CT molecular complexity index is 1070. The highest BCUT2D eigenvalue weighted by Crippen LogP contribution is 2.36. The number of carboxylic acids is 1. The minimum Gasteiger partial charge on any atom is -0.478 e. The lowest BCUT2D eigenvalue weighted by Crippen LogP contribution is -2.14. The SMILES string of the molecule is N#Cc1ccccc1CCC(=O)Nc1csc(-c2ccc(Cl)cc2)c1C(=O)O. The summed E-state index contributed by atoms with van der Waals surface area (Å²) in [6.45, 7) is 0. The van der Waals surface area contributed by atoms with Crippen LogP contribution in [0.1, 0.15) is 27.9 Å². The molecule has 0 saturated heterocycles. The number of nitrogens with one attached hydrogen (secondary N) is 1. The van der Waals surface area contributed by atoms with Crippen LogP contribution >= 0.6 is 22.9 Å². The van der Waals surface area contributed by atoms with E-state index in [1.54, 1.807) is 47.8 Å². The molecule has 28 heavy (non-hydrogen) atoms. The predicted octanol–water partition coefficient (Wildman–Crippen LogP) is 5.21. The standard InChI is InChI=1S/C21H15ClN2O3S/c22-16-8-5-14(6-9-16)20-19(21(26)27)17(12-28-20)24-18(25)10-7-13-3-1-2-4-15(13)11-23/h1-6,8-9,12H,7,10H2,(H,24,25)(H,26,27). The van der Waals surface area contributed by atoms with Gasteiger partial charge in [-0.2, -0.15) is 5.26 Å². The maximum absolute atomic E-state index is 12.4. The second-order valence-corrected chi connectivity index (χ2v) is 7.30. The molecule has 1 heterocycles. The van der Waals surface area contributed by atoms with E-state index in [1.165, 1.54) is 11.3 Å². The van der Waals surface area contributed by atoms with Gasteiger partial charge in [-0.1, -0.05) is 41.9 Å². The summed E-state index contributed by atoms with van der Waals surface area (Å²) in [6.07, 6.45) is 0.538. The summed E-state index contributed by atoms with van der Waals surface area (Å²) in [4.78, 5) is 24.7. The number of carbonyl (C=O) groups excluding carboxylic acids is 1. The molecule has 0 fully saturated rings. The van der Waals surface area contributed by atoms with E-state index in [-0.39, 0.29) is 23.6 Å². The first-order chi connectivity index (χ1) is 13.5. The average molecular weight is 411 g/mol. The first kappa shape index (κ1) is 19.6. The van der Waals surface area contributed by atoms with Crippen molar-refractivity contribution in [3.8, 4) is 16.5 Å². The summed E-state index contributed by atoms with van der Waals surface area (Å²) in [5.41, 5.74) is 2.35. The van der Waals surface area contributed by atoms with Crippen molar-refractivity contribution in [2.45, 2.75) is 12.8 Å². The van der Waals surface area contributed by atoms with Crippen molar-refractivity contribution in [3.05, 3.63) is 75.6 Å². The number of benzene rings is 2. The molecule has 0 saturated carbocycles. The molecule has 0 aliphatic carbocycles. The lowest BCUT2D eigenvalue weighted by molar-refractivity contribution is -0.116. The monoisotopic (exact) mass is 410 g/mol. The number of rotatable bonds is 6. The quantitative estimate of drug-likeness (QED) is 0.583. The average Bonchev–Trinajstić information content (AvgIpc) is 3.11. The van der Waals surface area contributed by atoms with Crippen LogP contribution in [0.3, 0.4) is 0 Å². The molecule has 0 radical (unpaired) electrons. The molecule has 1 amide bonds. The molecule has 7 heteroatoms. The number of nitrogens with zero attached hydrogens (tertiary/aromatic N) is 1. The molecular weight excluding hydrogens is 396 g/mol. The first-order valence-electron chi connectivity index (χ1n) is 8.38. The summed E-state index contributed by atoms with van der Waals surface area (Å²) in [5, 5.41) is 23.6. The van der Waals surface area contributed by atoms with E-state index < -0.39 is 5.97 Å². The van der Waals surface area contributed by atoms with Gasteiger partial charge in [0.25, 0.3) is 0 Å². The van der Waals surface area contributed by atoms with Gasteiger partial charge in [0.15, 0.2) is 0 Å². The fourth-order valence-corrected chi connectivity index (χ4v) is 3.91. The van der Waals surface area contributed by atoms with Gasteiger partial charge in [-0.3, -0.25) is 4.79 Å². The van der Waals surface area contributed by atoms with Crippen LogP contribution in [-0.2, 0) is 11.2 Å². The number of amides is 1. The van der Waals surface area contributed by atoms with Crippen LogP contribution in [0.15, 0.2) is 53.9 Å². The molecule has 0 unspecified atom stereocenters. The minimum atomic E-state index is -1.11. The van der Waals surface area contributed by atoms with Gasteiger partial charge in [0.05, 0.1) is 22.2 Å². The van der Waals surface area contributed by atoms with Crippen LogP contribution in [0, 0.1) is 11.3 Å². The predicted molar refractivity (Wildman–Crippen MR) is 110 cm³/mol. The Labute approximate surface area is 170 Å². The van der Waals surface area contributed by atoms with Gasteiger partial charge in [0.2, 0.25) is 5.91 Å². The molecule has 0 spiro atoms. The van der Waals surface area contributed by atoms with Gasteiger partial charge in [0.1, 0.15) is 5.56 Å². The molecule has 0 atom stereocenters. The molecule has 2 aromatic carbocycles. The van der Waals surface area contributed by atoms with Gasteiger partial charge in [-0.25, -0.2) is 4.79 Å². The summed E-state index contributed by atoms with van der Waals surface area (Å²) < 4.78 is 0. The number of halogens is 1. The lowest BCUT2D eigenvalue weighted by atomic mass is 10.0. The molecular formula is C21H15ClN2O3S. The molecule has 3 rings (SSSR count). The number of thiophene rings is 1. The highest BCUT2D eigenvalue weighted by Gasteiger charge is 2.21. The molecule has 2 N–H and O–H groups in total. The molecule has 3 aromatic rings.